The topological polar surface area (TPSA) is 54.4 Å². The molecule has 6 atom stereocenters. The monoisotopic (exact) mass is 454 g/mol. The van der Waals surface area contributed by atoms with Gasteiger partial charge in [0.05, 0.1) is 5.92 Å². The van der Waals surface area contributed by atoms with Crippen LogP contribution >= 0.6 is 0 Å². The second kappa shape index (κ2) is 8.09. The molecule has 1 N–H and O–H groups in total. The minimum atomic E-state index is -0.601. The molecule has 0 aromatic heterocycles. The molecule has 0 amide bonds. The Kier molecular flexibility index (Phi) is 6.07. The van der Waals surface area contributed by atoms with Gasteiger partial charge in [-0.2, -0.15) is 0 Å². The molecule has 4 rings (SSSR count). The van der Waals surface area contributed by atoms with E-state index in [1.54, 1.807) is 11.1 Å². The van der Waals surface area contributed by atoms with Gasteiger partial charge in [0.15, 0.2) is 0 Å². The minimum absolute atomic E-state index is 0.0447. The Hall–Kier alpha value is -1.38. The third-order valence-corrected chi connectivity index (χ3v) is 11.4. The molecule has 2 saturated carbocycles. The van der Waals surface area contributed by atoms with Gasteiger partial charge in [0.1, 0.15) is 5.78 Å². The van der Waals surface area contributed by atoms with Gasteiger partial charge in [-0.25, -0.2) is 0 Å². The van der Waals surface area contributed by atoms with Crippen LogP contribution in [0.1, 0.15) is 113 Å². The molecule has 4 aliphatic rings. The number of allylic oxidation sites excluding steroid dienone is 4. The first-order chi connectivity index (χ1) is 15.3. The number of aliphatic carboxylic acids is 1. The highest BCUT2D eigenvalue weighted by molar-refractivity contribution is 5.85. The maximum Gasteiger partial charge on any atom is 0.306 e. The lowest BCUT2D eigenvalue weighted by Crippen LogP contribution is -2.54. The van der Waals surface area contributed by atoms with Gasteiger partial charge in [-0.15, -0.1) is 0 Å². The summed E-state index contributed by atoms with van der Waals surface area (Å²) in [5.74, 6) is 0.270. The molecule has 0 unspecified atom stereocenters. The first-order valence-electron chi connectivity index (χ1n) is 13.4. The molecule has 4 aliphatic carbocycles. The summed E-state index contributed by atoms with van der Waals surface area (Å²) < 4.78 is 0. The van der Waals surface area contributed by atoms with Crippen molar-refractivity contribution in [2.45, 2.75) is 113 Å². The number of ketones is 1. The van der Waals surface area contributed by atoms with Crippen molar-refractivity contribution in [3.05, 3.63) is 22.8 Å². The second-order valence-corrected chi connectivity index (χ2v) is 13.3. The van der Waals surface area contributed by atoms with Crippen LogP contribution in [0.5, 0.6) is 0 Å². The Morgan fingerprint density at radius 1 is 1.00 bits per heavy atom. The number of carboxylic acid groups (broad SMARTS) is 1. The fraction of sp³-hybridized carbons (Fsp3) is 0.800. The van der Waals surface area contributed by atoms with Crippen LogP contribution < -0.4 is 0 Å². The zero-order valence-electron chi connectivity index (χ0n) is 22.1. The van der Waals surface area contributed by atoms with Gasteiger partial charge in [-0.1, -0.05) is 57.4 Å². The first-order valence-corrected chi connectivity index (χ1v) is 13.4. The number of rotatable bonds is 5. The van der Waals surface area contributed by atoms with Gasteiger partial charge < -0.3 is 5.11 Å². The van der Waals surface area contributed by atoms with Gasteiger partial charge in [-0.3, -0.25) is 9.59 Å². The van der Waals surface area contributed by atoms with Gasteiger partial charge in [0.25, 0.3) is 0 Å². The lowest BCUT2D eigenvalue weighted by atomic mass is 9.43. The highest BCUT2D eigenvalue weighted by Crippen LogP contribution is 2.72. The molecule has 0 aliphatic heterocycles. The summed E-state index contributed by atoms with van der Waals surface area (Å²) in [5.41, 5.74) is 4.63. The fourth-order valence-corrected chi connectivity index (χ4v) is 9.22. The van der Waals surface area contributed by atoms with Crippen molar-refractivity contribution >= 4 is 11.8 Å². The van der Waals surface area contributed by atoms with Gasteiger partial charge >= 0.3 is 5.97 Å². The van der Waals surface area contributed by atoms with Crippen molar-refractivity contribution in [2.75, 3.05) is 0 Å². The Labute approximate surface area is 201 Å². The third-order valence-electron chi connectivity index (χ3n) is 11.4. The van der Waals surface area contributed by atoms with Crippen LogP contribution in [0.4, 0.5) is 0 Å². The lowest BCUT2D eigenvalue weighted by molar-refractivity contribution is -0.146. The van der Waals surface area contributed by atoms with E-state index < -0.39 is 5.97 Å². The highest BCUT2D eigenvalue weighted by Gasteiger charge is 2.64. The van der Waals surface area contributed by atoms with E-state index in [1.165, 1.54) is 5.57 Å². The van der Waals surface area contributed by atoms with Gasteiger partial charge in [0, 0.05) is 11.8 Å². The number of carbonyl (C=O) groups is 2. The normalized spacial score (nSPS) is 40.5. The Bertz CT molecular complexity index is 904. The molecule has 3 nitrogen and oxygen atoms in total. The van der Waals surface area contributed by atoms with Crippen LogP contribution in [0.15, 0.2) is 22.8 Å². The quantitative estimate of drug-likeness (QED) is 0.432. The Balaban J connectivity index is 1.70. The number of fused-ring (bicyclic) bond motifs is 4. The van der Waals surface area contributed by atoms with Crippen molar-refractivity contribution in [2.24, 2.45) is 39.4 Å². The van der Waals surface area contributed by atoms with Crippen LogP contribution in [0.25, 0.3) is 0 Å². The molecule has 0 radical (unpaired) electrons. The summed E-state index contributed by atoms with van der Waals surface area (Å²) in [7, 11) is 0. The number of Topliss-reactive ketones (excluding diaryl/α,β-unsaturated/α-hetero) is 1. The fourth-order valence-electron chi connectivity index (χ4n) is 9.22. The summed E-state index contributed by atoms with van der Waals surface area (Å²) in [6, 6.07) is 0. The van der Waals surface area contributed by atoms with Crippen LogP contribution in [0.3, 0.4) is 0 Å². The van der Waals surface area contributed by atoms with Crippen molar-refractivity contribution in [1.82, 2.24) is 0 Å². The molecular weight excluding hydrogens is 408 g/mol. The average molecular weight is 455 g/mol. The van der Waals surface area contributed by atoms with E-state index in [0.29, 0.717) is 18.1 Å². The Morgan fingerprint density at radius 3 is 2.33 bits per heavy atom. The number of carbonyl (C=O) groups excluding carboxylic acids is 1. The van der Waals surface area contributed by atoms with E-state index >= 15 is 0 Å². The summed E-state index contributed by atoms with van der Waals surface area (Å²) >= 11 is 0. The molecule has 184 valence electrons. The molecule has 0 bridgehead atoms. The predicted molar refractivity (Wildman–Crippen MR) is 134 cm³/mol. The van der Waals surface area contributed by atoms with E-state index in [1.807, 2.05) is 0 Å². The molecule has 3 heteroatoms. The molecular formula is C30H46O3. The molecule has 0 aromatic carbocycles. The summed E-state index contributed by atoms with van der Waals surface area (Å²) in [5, 5.41) is 10.2. The van der Waals surface area contributed by atoms with Crippen molar-refractivity contribution in [3.63, 3.8) is 0 Å². The molecule has 2 fully saturated rings. The largest absolute Gasteiger partial charge is 0.481 e. The molecule has 33 heavy (non-hydrogen) atoms. The van der Waals surface area contributed by atoms with Crippen LogP contribution in [-0.2, 0) is 9.59 Å². The molecule has 0 spiro atoms. The van der Waals surface area contributed by atoms with E-state index in [-0.39, 0.29) is 33.5 Å². The summed E-state index contributed by atoms with van der Waals surface area (Å²) in [4.78, 5) is 25.2. The number of hydrogen-bond acceptors (Lipinski definition) is 2. The first kappa shape index (κ1) is 24.7. The van der Waals surface area contributed by atoms with E-state index in [2.05, 4.69) is 54.5 Å². The van der Waals surface area contributed by atoms with Crippen molar-refractivity contribution in [1.29, 1.82) is 0 Å². The predicted octanol–water partition coefficient (Wildman–Crippen LogP) is 7.75. The average Bonchev–Trinajstić information content (AvgIpc) is 3.00. The zero-order valence-corrected chi connectivity index (χ0v) is 22.1. The van der Waals surface area contributed by atoms with E-state index in [4.69, 9.17) is 0 Å². The molecule has 0 heterocycles. The smallest absolute Gasteiger partial charge is 0.306 e. The number of hydrogen-bond donors (Lipinski definition) is 1. The zero-order chi connectivity index (χ0) is 24.4. The summed E-state index contributed by atoms with van der Waals surface area (Å²) in [6.45, 7) is 15.9. The van der Waals surface area contributed by atoms with Gasteiger partial charge in [-0.05, 0) is 99.7 Å². The molecule has 0 saturated heterocycles. The van der Waals surface area contributed by atoms with E-state index in [0.717, 1.165) is 57.8 Å². The van der Waals surface area contributed by atoms with Crippen LogP contribution in [-0.4, -0.2) is 16.9 Å². The number of carboxylic acids is 1. The minimum Gasteiger partial charge on any atom is -0.481 e. The van der Waals surface area contributed by atoms with Crippen molar-refractivity contribution in [3.8, 4) is 0 Å². The van der Waals surface area contributed by atoms with Crippen LogP contribution in [0.2, 0.25) is 0 Å². The van der Waals surface area contributed by atoms with Crippen molar-refractivity contribution < 1.29 is 14.7 Å². The maximum absolute atomic E-state index is 12.8. The standard InChI is InChI=1S/C30H46O3/c1-19(2)9-8-10-20(26(32)33)21-13-17-30(7)23-11-12-24-27(3,4)25(31)15-16-28(24,5)22(23)14-18-29(21,30)6/h9,20-21,24H,8,10-18H2,1-7H3,(H,32,33)/t20-,21-,24-,28+,29+,30+/m0/s1. The second-order valence-electron chi connectivity index (χ2n) is 13.3. The SMILES string of the molecule is CC(C)=CCC[C@H](C(=O)O)[C@@H]1CC[C@]2(C)C3=C(CC[C@]12C)[C@@]1(C)CCC(=O)C(C)(C)[C@@H]1CC3. The van der Waals surface area contributed by atoms with Gasteiger partial charge in [0.2, 0.25) is 0 Å². The van der Waals surface area contributed by atoms with E-state index in [9.17, 15) is 14.7 Å². The lowest BCUT2D eigenvalue weighted by Gasteiger charge is -2.60. The maximum atomic E-state index is 12.8. The summed E-state index contributed by atoms with van der Waals surface area (Å²) in [6.07, 6.45) is 12.0. The third kappa shape index (κ3) is 3.50. The van der Waals surface area contributed by atoms with Crippen LogP contribution in [0, 0.1) is 39.4 Å². The highest BCUT2D eigenvalue weighted by atomic mass is 16.4. The molecule has 0 aromatic rings. The Morgan fingerprint density at radius 2 is 1.70 bits per heavy atom.